The highest BCUT2D eigenvalue weighted by Gasteiger charge is 2.31. The molecule has 0 heterocycles. The van der Waals surface area contributed by atoms with Gasteiger partial charge in [0.15, 0.2) is 11.5 Å². The highest BCUT2D eigenvalue weighted by Crippen LogP contribution is 2.38. The van der Waals surface area contributed by atoms with Gasteiger partial charge in [0.1, 0.15) is 5.75 Å². The van der Waals surface area contributed by atoms with Crippen molar-refractivity contribution < 1.29 is 45.3 Å². The van der Waals surface area contributed by atoms with Gasteiger partial charge in [0, 0.05) is 11.6 Å². The third-order valence-corrected chi connectivity index (χ3v) is 4.82. The molecule has 0 spiro atoms. The molecule has 0 unspecified atom stereocenters. The zero-order valence-electron chi connectivity index (χ0n) is 15.9. The minimum Gasteiger partial charge on any atom is -0.493 e. The quantitative estimate of drug-likeness (QED) is 0.593. The number of sulfonamides is 1. The Morgan fingerprint density at radius 1 is 0.967 bits per heavy atom. The van der Waals surface area contributed by atoms with Crippen molar-refractivity contribution >= 4 is 15.9 Å². The first-order chi connectivity index (χ1) is 14.0. The molecule has 2 aromatic rings. The summed E-state index contributed by atoms with van der Waals surface area (Å²) in [7, 11) is -0.374. The lowest BCUT2D eigenvalue weighted by atomic mass is 10.1. The third-order valence-electron chi connectivity index (χ3n) is 3.58. The number of ether oxygens (including phenoxy) is 4. The van der Waals surface area contributed by atoms with Crippen LogP contribution >= 0.6 is 0 Å². The maximum atomic E-state index is 12.3. The van der Waals surface area contributed by atoms with Gasteiger partial charge in [-0.1, -0.05) is 6.07 Å². The van der Waals surface area contributed by atoms with Gasteiger partial charge >= 0.3 is 6.36 Å². The molecule has 1 amide bonds. The molecule has 0 aliphatic rings. The molecule has 0 radical (unpaired) electrons. The molecule has 2 rings (SSSR count). The second-order valence-corrected chi connectivity index (χ2v) is 7.18. The molecule has 0 bridgehead atoms. The number of hydrogen-bond donors (Lipinski definition) is 2. The first-order valence-electron chi connectivity index (χ1n) is 7.98. The van der Waals surface area contributed by atoms with E-state index in [9.17, 15) is 26.4 Å². The van der Waals surface area contributed by atoms with Gasteiger partial charge in [0.2, 0.25) is 5.75 Å². The average molecular weight is 450 g/mol. The van der Waals surface area contributed by atoms with E-state index in [1.807, 2.05) is 5.43 Å². The Hall–Kier alpha value is -3.19. The van der Waals surface area contributed by atoms with E-state index in [1.165, 1.54) is 33.5 Å². The van der Waals surface area contributed by atoms with E-state index in [0.717, 1.165) is 18.2 Å². The number of methoxy groups -OCH3 is 3. The number of alkyl halides is 3. The predicted molar refractivity (Wildman–Crippen MR) is 97.0 cm³/mol. The van der Waals surface area contributed by atoms with Crippen LogP contribution in [0, 0.1) is 0 Å². The summed E-state index contributed by atoms with van der Waals surface area (Å²) in [6.07, 6.45) is -4.99. The summed E-state index contributed by atoms with van der Waals surface area (Å²) >= 11 is 0. The lowest BCUT2D eigenvalue weighted by Crippen LogP contribution is -2.41. The zero-order valence-corrected chi connectivity index (χ0v) is 16.7. The zero-order chi connectivity index (χ0) is 22.5. The molecule has 0 atom stereocenters. The SMILES string of the molecule is COc1cc(C(=O)NNS(=O)(=O)c2cccc(OC(F)(F)F)c2)cc(OC)c1OC. The monoisotopic (exact) mass is 450 g/mol. The summed E-state index contributed by atoms with van der Waals surface area (Å²) in [5.74, 6) is -1.09. The number of amides is 1. The third kappa shape index (κ3) is 5.67. The van der Waals surface area contributed by atoms with E-state index in [2.05, 4.69) is 4.74 Å². The highest BCUT2D eigenvalue weighted by atomic mass is 32.2. The van der Waals surface area contributed by atoms with Crippen molar-refractivity contribution in [2.45, 2.75) is 11.3 Å². The molecular formula is C17H17F3N2O7S. The number of carbonyl (C=O) groups excluding carboxylic acids is 1. The van der Waals surface area contributed by atoms with Crippen LogP contribution in [0.1, 0.15) is 10.4 Å². The fraction of sp³-hybridized carbons (Fsp3) is 0.235. The summed E-state index contributed by atoms with van der Waals surface area (Å²) in [6.45, 7) is 0. The number of carbonyl (C=O) groups is 1. The molecule has 2 aromatic carbocycles. The van der Waals surface area contributed by atoms with Crippen LogP contribution in [0.2, 0.25) is 0 Å². The Balaban J connectivity index is 2.20. The molecule has 0 saturated carbocycles. The molecule has 0 aliphatic carbocycles. The average Bonchev–Trinajstić information content (AvgIpc) is 2.69. The van der Waals surface area contributed by atoms with E-state index in [4.69, 9.17) is 14.2 Å². The van der Waals surface area contributed by atoms with Gasteiger partial charge in [0.05, 0.1) is 26.2 Å². The van der Waals surface area contributed by atoms with Crippen molar-refractivity contribution in [1.29, 1.82) is 0 Å². The van der Waals surface area contributed by atoms with Gasteiger partial charge in [-0.05, 0) is 24.3 Å². The van der Waals surface area contributed by atoms with E-state index >= 15 is 0 Å². The van der Waals surface area contributed by atoms with E-state index in [-0.39, 0.29) is 22.8 Å². The van der Waals surface area contributed by atoms with Crippen molar-refractivity contribution in [3.05, 3.63) is 42.0 Å². The second kappa shape index (κ2) is 9.09. The normalized spacial score (nSPS) is 11.5. The van der Waals surface area contributed by atoms with Crippen molar-refractivity contribution in [2.75, 3.05) is 21.3 Å². The van der Waals surface area contributed by atoms with E-state index < -0.39 is 32.9 Å². The van der Waals surface area contributed by atoms with Crippen LogP contribution in [0.15, 0.2) is 41.3 Å². The summed E-state index contributed by atoms with van der Waals surface area (Å²) < 4.78 is 80.6. The molecule has 2 N–H and O–H groups in total. The number of halogens is 3. The number of nitrogens with one attached hydrogen (secondary N) is 2. The smallest absolute Gasteiger partial charge is 0.493 e. The summed E-state index contributed by atoms with van der Waals surface area (Å²) in [6, 6.07) is 6.22. The van der Waals surface area contributed by atoms with E-state index in [0.29, 0.717) is 6.07 Å². The standard InChI is InChI=1S/C17H17F3N2O7S/c1-26-13-7-10(8-14(27-2)15(13)28-3)16(23)21-22-30(24,25)12-6-4-5-11(9-12)29-17(18,19)20/h4-9,22H,1-3H3,(H,21,23). The van der Waals surface area contributed by atoms with Crippen LogP contribution < -0.4 is 29.2 Å². The maximum Gasteiger partial charge on any atom is 0.573 e. The number of hydrazine groups is 1. The molecule has 0 saturated heterocycles. The van der Waals surface area contributed by atoms with Gasteiger partial charge < -0.3 is 18.9 Å². The van der Waals surface area contributed by atoms with Crippen LogP contribution in [-0.2, 0) is 10.0 Å². The van der Waals surface area contributed by atoms with Crippen molar-refractivity contribution in [1.82, 2.24) is 10.3 Å². The van der Waals surface area contributed by atoms with Crippen LogP contribution in [0.3, 0.4) is 0 Å². The Bertz CT molecular complexity index is 1000. The van der Waals surface area contributed by atoms with Crippen molar-refractivity contribution in [3.63, 3.8) is 0 Å². The molecule has 0 aromatic heterocycles. The summed E-state index contributed by atoms with van der Waals surface area (Å²) in [4.78, 5) is 13.6. The Kier molecular flexibility index (Phi) is 7.00. The lowest BCUT2D eigenvalue weighted by Gasteiger charge is -2.14. The predicted octanol–water partition coefficient (Wildman–Crippen LogP) is 2.23. The first kappa shape index (κ1) is 23.1. The van der Waals surface area contributed by atoms with Gasteiger partial charge in [-0.3, -0.25) is 10.2 Å². The molecule has 0 aliphatic heterocycles. The van der Waals surface area contributed by atoms with E-state index in [1.54, 1.807) is 4.83 Å². The maximum absolute atomic E-state index is 12.3. The molecular weight excluding hydrogens is 433 g/mol. The molecule has 30 heavy (non-hydrogen) atoms. The Labute approximate surface area is 169 Å². The Morgan fingerprint density at radius 3 is 2.07 bits per heavy atom. The minimum atomic E-state index is -4.99. The number of rotatable bonds is 8. The topological polar surface area (TPSA) is 112 Å². The number of benzene rings is 2. The molecule has 13 heteroatoms. The number of hydrogen-bond acceptors (Lipinski definition) is 7. The van der Waals surface area contributed by atoms with Crippen LogP contribution in [0.5, 0.6) is 23.0 Å². The largest absolute Gasteiger partial charge is 0.573 e. The van der Waals surface area contributed by atoms with Crippen LogP contribution in [-0.4, -0.2) is 42.0 Å². The summed E-state index contributed by atoms with van der Waals surface area (Å²) in [5.41, 5.74) is 1.91. The lowest BCUT2D eigenvalue weighted by molar-refractivity contribution is -0.274. The van der Waals surface area contributed by atoms with Gasteiger partial charge in [-0.2, -0.15) is 0 Å². The second-order valence-electron chi connectivity index (χ2n) is 5.50. The molecule has 9 nitrogen and oxygen atoms in total. The Morgan fingerprint density at radius 2 is 1.57 bits per heavy atom. The van der Waals surface area contributed by atoms with Gasteiger partial charge in [0.25, 0.3) is 15.9 Å². The summed E-state index contributed by atoms with van der Waals surface area (Å²) in [5, 5.41) is 0. The van der Waals surface area contributed by atoms with Crippen LogP contribution in [0.4, 0.5) is 13.2 Å². The molecule has 164 valence electrons. The highest BCUT2D eigenvalue weighted by molar-refractivity contribution is 7.89. The minimum absolute atomic E-state index is 0.0404. The fourth-order valence-corrected chi connectivity index (χ4v) is 3.17. The van der Waals surface area contributed by atoms with Gasteiger partial charge in [-0.15, -0.1) is 18.0 Å². The van der Waals surface area contributed by atoms with Crippen molar-refractivity contribution in [2.24, 2.45) is 0 Å². The van der Waals surface area contributed by atoms with Crippen molar-refractivity contribution in [3.8, 4) is 23.0 Å². The molecule has 0 fully saturated rings. The van der Waals surface area contributed by atoms with Gasteiger partial charge in [-0.25, -0.2) is 8.42 Å². The van der Waals surface area contributed by atoms with Crippen LogP contribution in [0.25, 0.3) is 0 Å². The first-order valence-corrected chi connectivity index (χ1v) is 9.47. The fourth-order valence-electron chi connectivity index (χ4n) is 2.30.